The highest BCUT2D eigenvalue weighted by atomic mass is 16.3. The Morgan fingerprint density at radius 2 is 1.61 bits per heavy atom. The number of aliphatic hydroxyl groups is 1. The third-order valence-corrected chi connectivity index (χ3v) is 7.16. The second-order valence-corrected chi connectivity index (χ2v) is 9.54. The van der Waals surface area contributed by atoms with Crippen molar-refractivity contribution in [1.82, 2.24) is 14.7 Å². The number of benzene rings is 2. The van der Waals surface area contributed by atoms with Gasteiger partial charge in [-0.25, -0.2) is 0 Å². The van der Waals surface area contributed by atoms with Gasteiger partial charge >= 0.3 is 0 Å². The molecule has 3 atom stereocenters. The second-order valence-electron chi connectivity index (χ2n) is 9.54. The van der Waals surface area contributed by atoms with Crippen LogP contribution < -0.4 is 0 Å². The fourth-order valence-corrected chi connectivity index (χ4v) is 5.22. The van der Waals surface area contributed by atoms with Crippen LogP contribution in [0.4, 0.5) is 0 Å². The van der Waals surface area contributed by atoms with Crippen molar-refractivity contribution in [3.05, 3.63) is 59.7 Å². The molecule has 7 nitrogen and oxygen atoms in total. The quantitative estimate of drug-likeness (QED) is 0.760. The van der Waals surface area contributed by atoms with Crippen molar-refractivity contribution in [3.8, 4) is 11.1 Å². The number of piperazine rings is 1. The van der Waals surface area contributed by atoms with Gasteiger partial charge < -0.3 is 19.8 Å². The first kappa shape index (κ1) is 21.6. The minimum atomic E-state index is -0.247. The van der Waals surface area contributed by atoms with Crippen molar-refractivity contribution < 1.29 is 19.5 Å². The van der Waals surface area contributed by atoms with E-state index in [2.05, 4.69) is 0 Å². The number of hydrogen-bond acceptors (Lipinski definition) is 4. The zero-order valence-electron chi connectivity index (χ0n) is 19.0. The van der Waals surface area contributed by atoms with E-state index in [1.54, 1.807) is 28.8 Å². The molecular formula is C26H29N3O4. The van der Waals surface area contributed by atoms with Gasteiger partial charge in [0.05, 0.1) is 25.2 Å². The van der Waals surface area contributed by atoms with Crippen LogP contribution in [0, 0.1) is 5.92 Å². The van der Waals surface area contributed by atoms with E-state index >= 15 is 0 Å². The van der Waals surface area contributed by atoms with Gasteiger partial charge in [0.2, 0.25) is 11.8 Å². The average molecular weight is 448 g/mol. The minimum Gasteiger partial charge on any atom is -0.394 e. The summed E-state index contributed by atoms with van der Waals surface area (Å²) in [7, 11) is 3.47. The smallest absolute Gasteiger partial charge is 0.253 e. The Hall–Kier alpha value is -3.19. The number of aliphatic hydroxyl groups excluding tert-OH is 1. The Bertz CT molecular complexity index is 1080. The molecule has 0 bridgehead atoms. The second kappa shape index (κ2) is 8.30. The third-order valence-electron chi connectivity index (χ3n) is 7.16. The van der Waals surface area contributed by atoms with Crippen molar-refractivity contribution in [2.45, 2.75) is 30.8 Å². The van der Waals surface area contributed by atoms with E-state index in [1.165, 1.54) is 0 Å². The van der Waals surface area contributed by atoms with Crippen molar-refractivity contribution in [3.63, 3.8) is 0 Å². The molecule has 0 unspecified atom stereocenters. The van der Waals surface area contributed by atoms with Crippen molar-refractivity contribution in [1.29, 1.82) is 0 Å². The molecule has 2 aromatic carbocycles. The van der Waals surface area contributed by atoms with Crippen LogP contribution in [0.2, 0.25) is 0 Å². The van der Waals surface area contributed by atoms with Gasteiger partial charge in [0.15, 0.2) is 0 Å². The standard InChI is InChI=1S/C26H29N3O4/c1-27(2)25(32)19-9-5-17(6-10-19)16-3-7-18(8-4-16)24-21-13-28(26(33)20-11-12-20)14-23(31)29(21)22(24)15-30/h3-10,20-22,24,30H,11-15H2,1-2H3/t21-,22-,24+/m0/s1. The summed E-state index contributed by atoms with van der Waals surface area (Å²) in [6.45, 7) is 0.568. The lowest BCUT2D eigenvalue weighted by molar-refractivity contribution is -0.167. The van der Waals surface area contributed by atoms with Crippen LogP contribution in [0.1, 0.15) is 34.7 Å². The van der Waals surface area contributed by atoms with Crippen molar-refractivity contribution in [2.24, 2.45) is 5.92 Å². The van der Waals surface area contributed by atoms with Crippen LogP contribution in [0.3, 0.4) is 0 Å². The Morgan fingerprint density at radius 1 is 1.00 bits per heavy atom. The molecular weight excluding hydrogens is 418 g/mol. The SMILES string of the molecule is CN(C)C(=O)c1ccc(-c2ccc([C@H]3[C@H](CO)N4C(=O)CN(C(=O)C5CC5)C[C@@H]34)cc2)cc1. The van der Waals surface area contributed by atoms with Gasteiger partial charge in [0.1, 0.15) is 0 Å². The molecule has 0 spiro atoms. The zero-order valence-corrected chi connectivity index (χ0v) is 19.0. The van der Waals surface area contributed by atoms with E-state index in [0.717, 1.165) is 29.5 Å². The fourth-order valence-electron chi connectivity index (χ4n) is 5.22. The highest BCUT2D eigenvalue weighted by molar-refractivity contribution is 5.94. The van der Waals surface area contributed by atoms with Crippen molar-refractivity contribution >= 4 is 17.7 Å². The average Bonchev–Trinajstić information content (AvgIpc) is 3.65. The molecule has 3 aliphatic rings. The summed E-state index contributed by atoms with van der Waals surface area (Å²) >= 11 is 0. The van der Waals surface area contributed by atoms with Gasteiger partial charge in [-0.15, -0.1) is 0 Å². The summed E-state index contributed by atoms with van der Waals surface area (Å²) in [4.78, 5) is 42.4. The van der Waals surface area contributed by atoms with Gasteiger partial charge in [-0.05, 0) is 41.7 Å². The van der Waals surface area contributed by atoms with Crippen LogP contribution >= 0.6 is 0 Å². The molecule has 0 aromatic heterocycles. The molecule has 33 heavy (non-hydrogen) atoms. The first-order chi connectivity index (χ1) is 15.9. The summed E-state index contributed by atoms with van der Waals surface area (Å²) in [5.41, 5.74) is 3.75. The number of amides is 3. The first-order valence-corrected chi connectivity index (χ1v) is 11.5. The van der Waals surface area contributed by atoms with E-state index in [0.29, 0.717) is 12.1 Å². The normalized spacial score (nSPS) is 24.2. The molecule has 2 saturated heterocycles. The Kier molecular flexibility index (Phi) is 5.44. The molecule has 5 rings (SSSR count). The number of hydrogen-bond donors (Lipinski definition) is 1. The lowest BCUT2D eigenvalue weighted by Gasteiger charge is -2.58. The minimum absolute atomic E-state index is 0.00268. The van der Waals surface area contributed by atoms with E-state index in [4.69, 9.17) is 0 Å². The van der Waals surface area contributed by atoms with Crippen molar-refractivity contribution in [2.75, 3.05) is 33.8 Å². The zero-order chi connectivity index (χ0) is 23.3. The van der Waals surface area contributed by atoms with Gasteiger partial charge in [0.25, 0.3) is 5.91 Å². The predicted octanol–water partition coefficient (Wildman–Crippen LogP) is 1.96. The van der Waals surface area contributed by atoms with Crippen LogP contribution in [-0.2, 0) is 9.59 Å². The molecule has 3 fully saturated rings. The summed E-state index contributed by atoms with van der Waals surface area (Å²) in [5, 5.41) is 9.98. The van der Waals surface area contributed by atoms with E-state index in [9.17, 15) is 19.5 Å². The van der Waals surface area contributed by atoms with Crippen LogP contribution in [-0.4, -0.2) is 83.4 Å². The number of nitrogens with zero attached hydrogens (tertiary/aromatic N) is 3. The topological polar surface area (TPSA) is 81.2 Å². The lowest BCUT2D eigenvalue weighted by Crippen LogP contribution is -2.73. The lowest BCUT2D eigenvalue weighted by atomic mass is 9.73. The van der Waals surface area contributed by atoms with Gasteiger partial charge in [0, 0.05) is 38.0 Å². The number of carbonyl (C=O) groups excluding carboxylic acids is 3. The monoisotopic (exact) mass is 447 g/mol. The van der Waals surface area contributed by atoms with Gasteiger partial charge in [-0.3, -0.25) is 14.4 Å². The molecule has 3 amide bonds. The van der Waals surface area contributed by atoms with Gasteiger partial charge in [-0.2, -0.15) is 0 Å². The maximum Gasteiger partial charge on any atom is 0.253 e. The number of rotatable bonds is 5. The van der Waals surface area contributed by atoms with E-state index in [1.807, 2.05) is 48.5 Å². The molecule has 2 aromatic rings. The molecule has 1 saturated carbocycles. The molecule has 0 radical (unpaired) electrons. The summed E-state index contributed by atoms with van der Waals surface area (Å²) in [6, 6.07) is 15.4. The predicted molar refractivity (Wildman–Crippen MR) is 123 cm³/mol. The summed E-state index contributed by atoms with van der Waals surface area (Å²) in [5.74, 6) is 0.0936. The van der Waals surface area contributed by atoms with Crippen LogP contribution in [0.25, 0.3) is 11.1 Å². The highest BCUT2D eigenvalue weighted by Gasteiger charge is 2.55. The summed E-state index contributed by atoms with van der Waals surface area (Å²) in [6.07, 6.45) is 1.85. The largest absolute Gasteiger partial charge is 0.394 e. The highest BCUT2D eigenvalue weighted by Crippen LogP contribution is 2.44. The molecule has 2 heterocycles. The molecule has 1 aliphatic carbocycles. The van der Waals surface area contributed by atoms with Crippen LogP contribution in [0.15, 0.2) is 48.5 Å². The fraction of sp³-hybridized carbons (Fsp3) is 0.423. The third kappa shape index (κ3) is 3.80. The Labute approximate surface area is 193 Å². The number of carbonyl (C=O) groups is 3. The molecule has 2 aliphatic heterocycles. The maximum atomic E-state index is 12.7. The maximum absolute atomic E-state index is 12.7. The summed E-state index contributed by atoms with van der Waals surface area (Å²) < 4.78 is 0. The van der Waals surface area contributed by atoms with Crippen LogP contribution in [0.5, 0.6) is 0 Å². The molecule has 1 N–H and O–H groups in total. The molecule has 7 heteroatoms. The van der Waals surface area contributed by atoms with Gasteiger partial charge in [-0.1, -0.05) is 36.4 Å². The first-order valence-electron chi connectivity index (χ1n) is 11.5. The molecule has 172 valence electrons. The van der Waals surface area contributed by atoms with E-state index in [-0.39, 0.29) is 54.8 Å². The van der Waals surface area contributed by atoms with E-state index < -0.39 is 0 Å². The Morgan fingerprint density at radius 3 is 2.15 bits per heavy atom. The Balaban J connectivity index is 1.34. The number of fused-ring (bicyclic) bond motifs is 1.